The van der Waals surface area contributed by atoms with Crippen LogP contribution in [0.25, 0.3) is 0 Å². The molecule has 174 valence electrons. The number of rotatable bonds is 11. The van der Waals surface area contributed by atoms with E-state index in [0.29, 0.717) is 11.7 Å². The van der Waals surface area contributed by atoms with Crippen LogP contribution in [0.3, 0.4) is 0 Å². The highest BCUT2D eigenvalue weighted by Crippen LogP contribution is 2.42. The Kier molecular flexibility index (Phi) is 10.8. The van der Waals surface area contributed by atoms with E-state index in [9.17, 15) is 4.79 Å². The summed E-state index contributed by atoms with van der Waals surface area (Å²) in [7, 11) is 0. The lowest BCUT2D eigenvalue weighted by Gasteiger charge is -2.37. The molecule has 1 nitrogen and oxygen atoms in total. The zero-order chi connectivity index (χ0) is 21.2. The molecule has 1 unspecified atom stereocenters. The molecule has 0 saturated heterocycles. The van der Waals surface area contributed by atoms with Gasteiger partial charge >= 0.3 is 0 Å². The summed E-state index contributed by atoms with van der Waals surface area (Å²) < 4.78 is 0. The molecule has 30 heavy (non-hydrogen) atoms. The molecule has 0 aromatic carbocycles. The van der Waals surface area contributed by atoms with Crippen LogP contribution in [0, 0.1) is 35.5 Å². The van der Waals surface area contributed by atoms with Crippen LogP contribution in [-0.2, 0) is 4.79 Å². The minimum absolute atomic E-state index is 0.410. The lowest BCUT2D eigenvalue weighted by molar-refractivity contribution is -0.124. The number of hydrogen-bond acceptors (Lipinski definition) is 1. The van der Waals surface area contributed by atoms with Crippen molar-refractivity contribution in [3.8, 4) is 0 Å². The fraction of sp³-hybridized carbons (Fsp3) is 0.966. The van der Waals surface area contributed by atoms with Gasteiger partial charge in [-0.3, -0.25) is 4.79 Å². The van der Waals surface area contributed by atoms with Crippen LogP contribution < -0.4 is 0 Å². The van der Waals surface area contributed by atoms with Crippen molar-refractivity contribution in [2.24, 2.45) is 35.5 Å². The Bertz CT molecular complexity index is 461. The van der Waals surface area contributed by atoms with E-state index in [1.807, 2.05) is 0 Å². The summed E-state index contributed by atoms with van der Waals surface area (Å²) in [6, 6.07) is 0. The maximum Gasteiger partial charge on any atom is 0.135 e. The van der Waals surface area contributed by atoms with Crippen LogP contribution >= 0.6 is 0 Å². The molecule has 0 amide bonds. The molecule has 3 fully saturated rings. The van der Waals surface area contributed by atoms with Gasteiger partial charge in [0.15, 0.2) is 0 Å². The van der Waals surface area contributed by atoms with Crippen molar-refractivity contribution < 1.29 is 4.79 Å². The number of carbonyl (C=O) groups excluding carboxylic acids is 1. The first kappa shape index (κ1) is 24.3. The Hall–Kier alpha value is -0.330. The highest BCUT2D eigenvalue weighted by atomic mass is 16.1. The molecule has 1 atom stereocenters. The number of carbonyl (C=O) groups is 1. The standard InChI is InChI=1S/C29H52O/c1-3-8-23-12-14-24(15-13-23)16-21-28(26-10-6-5-7-11-26)22-25-17-19-27(20-18-25)29(30)9-4-2/h23-28H,3-22H2,1-2H3. The van der Waals surface area contributed by atoms with Crippen LogP contribution in [0.15, 0.2) is 0 Å². The predicted octanol–water partition coefficient (Wildman–Crippen LogP) is 9.14. The molecule has 0 radical (unpaired) electrons. The van der Waals surface area contributed by atoms with Crippen molar-refractivity contribution in [2.45, 2.75) is 142 Å². The molecule has 0 aromatic rings. The Morgan fingerprint density at radius 3 is 1.90 bits per heavy atom. The van der Waals surface area contributed by atoms with E-state index >= 15 is 0 Å². The van der Waals surface area contributed by atoms with E-state index in [0.717, 1.165) is 42.4 Å². The minimum Gasteiger partial charge on any atom is -0.299 e. The Morgan fingerprint density at radius 1 is 0.700 bits per heavy atom. The SMILES string of the molecule is CCCC(=O)C1CCC(CC(CCC2CCC(CCC)CC2)C2CCCCC2)CC1. The molecule has 0 aliphatic heterocycles. The zero-order valence-electron chi connectivity index (χ0n) is 20.5. The monoisotopic (exact) mass is 416 g/mol. The van der Waals surface area contributed by atoms with Gasteiger partial charge in [0.05, 0.1) is 0 Å². The van der Waals surface area contributed by atoms with E-state index < -0.39 is 0 Å². The first-order valence-electron chi connectivity index (χ1n) is 14.2. The third-order valence-electron chi connectivity index (χ3n) is 9.36. The van der Waals surface area contributed by atoms with Gasteiger partial charge < -0.3 is 0 Å². The summed E-state index contributed by atoms with van der Waals surface area (Å²) >= 11 is 0. The summed E-state index contributed by atoms with van der Waals surface area (Å²) in [6.07, 6.45) is 27.9. The van der Waals surface area contributed by atoms with Crippen molar-refractivity contribution in [2.75, 3.05) is 0 Å². The van der Waals surface area contributed by atoms with Gasteiger partial charge in [-0.2, -0.15) is 0 Å². The van der Waals surface area contributed by atoms with Gasteiger partial charge in [-0.25, -0.2) is 0 Å². The van der Waals surface area contributed by atoms with E-state index in [2.05, 4.69) is 13.8 Å². The molecule has 1 heteroatoms. The van der Waals surface area contributed by atoms with E-state index in [1.54, 1.807) is 0 Å². The van der Waals surface area contributed by atoms with Crippen molar-refractivity contribution in [1.82, 2.24) is 0 Å². The van der Waals surface area contributed by atoms with E-state index in [-0.39, 0.29) is 0 Å². The second-order valence-corrected chi connectivity index (χ2v) is 11.6. The molecule has 0 heterocycles. The van der Waals surface area contributed by atoms with E-state index in [1.165, 1.54) is 116 Å². The van der Waals surface area contributed by atoms with Crippen LogP contribution in [0.4, 0.5) is 0 Å². The van der Waals surface area contributed by atoms with Gasteiger partial charge in [-0.15, -0.1) is 0 Å². The average Bonchev–Trinajstić information content (AvgIpc) is 2.79. The van der Waals surface area contributed by atoms with Crippen molar-refractivity contribution in [1.29, 1.82) is 0 Å². The fourth-order valence-electron chi connectivity index (χ4n) is 7.42. The van der Waals surface area contributed by atoms with Crippen LogP contribution in [0.2, 0.25) is 0 Å². The molecule has 0 bridgehead atoms. The van der Waals surface area contributed by atoms with Gasteiger partial charge in [0.1, 0.15) is 5.78 Å². The summed E-state index contributed by atoms with van der Waals surface area (Å²) in [6.45, 7) is 4.50. The molecule has 0 aromatic heterocycles. The largest absolute Gasteiger partial charge is 0.299 e. The highest BCUT2D eigenvalue weighted by Gasteiger charge is 2.31. The second-order valence-electron chi connectivity index (χ2n) is 11.6. The molecule has 0 spiro atoms. The number of ketones is 1. The molecular weight excluding hydrogens is 364 g/mol. The van der Waals surface area contributed by atoms with Crippen molar-refractivity contribution >= 4 is 5.78 Å². The third-order valence-corrected chi connectivity index (χ3v) is 9.36. The maximum absolute atomic E-state index is 12.3. The fourth-order valence-corrected chi connectivity index (χ4v) is 7.42. The van der Waals surface area contributed by atoms with Crippen LogP contribution in [0.5, 0.6) is 0 Å². The van der Waals surface area contributed by atoms with Crippen molar-refractivity contribution in [3.63, 3.8) is 0 Å². The second kappa shape index (κ2) is 13.3. The Balaban J connectivity index is 1.45. The Labute approximate surface area is 188 Å². The zero-order valence-corrected chi connectivity index (χ0v) is 20.5. The molecule has 3 saturated carbocycles. The highest BCUT2D eigenvalue weighted by molar-refractivity contribution is 5.80. The third kappa shape index (κ3) is 7.67. The predicted molar refractivity (Wildman–Crippen MR) is 130 cm³/mol. The molecule has 0 N–H and O–H groups in total. The normalized spacial score (nSPS) is 32.1. The Morgan fingerprint density at radius 2 is 1.30 bits per heavy atom. The molecular formula is C29H52O. The average molecular weight is 417 g/mol. The van der Waals surface area contributed by atoms with Crippen LogP contribution in [0.1, 0.15) is 142 Å². The summed E-state index contributed by atoms with van der Waals surface area (Å²) in [4.78, 5) is 12.3. The number of hydrogen-bond donors (Lipinski definition) is 0. The quantitative estimate of drug-likeness (QED) is 0.328. The topological polar surface area (TPSA) is 17.1 Å². The first-order chi connectivity index (χ1) is 14.7. The van der Waals surface area contributed by atoms with Crippen LogP contribution in [-0.4, -0.2) is 5.78 Å². The lowest BCUT2D eigenvalue weighted by atomic mass is 9.69. The van der Waals surface area contributed by atoms with Gasteiger partial charge in [-0.1, -0.05) is 90.9 Å². The summed E-state index contributed by atoms with van der Waals surface area (Å²) in [5.41, 5.74) is 0. The smallest absolute Gasteiger partial charge is 0.135 e. The van der Waals surface area contributed by atoms with Gasteiger partial charge in [0, 0.05) is 12.3 Å². The van der Waals surface area contributed by atoms with Crippen molar-refractivity contribution in [3.05, 3.63) is 0 Å². The van der Waals surface area contributed by atoms with E-state index in [4.69, 9.17) is 0 Å². The molecule has 3 aliphatic rings. The summed E-state index contributed by atoms with van der Waals surface area (Å²) in [5.74, 6) is 5.99. The molecule has 3 aliphatic carbocycles. The number of Topliss-reactive ketones (excluding diaryl/α,β-unsaturated/α-hetero) is 1. The van der Waals surface area contributed by atoms with Gasteiger partial charge in [0.2, 0.25) is 0 Å². The minimum atomic E-state index is 0.410. The van der Waals surface area contributed by atoms with Gasteiger partial charge in [0.25, 0.3) is 0 Å². The maximum atomic E-state index is 12.3. The lowest BCUT2D eigenvalue weighted by Crippen LogP contribution is -2.26. The van der Waals surface area contributed by atoms with Gasteiger partial charge in [-0.05, 0) is 74.5 Å². The first-order valence-corrected chi connectivity index (χ1v) is 14.2. The summed E-state index contributed by atoms with van der Waals surface area (Å²) in [5, 5.41) is 0. The molecule has 3 rings (SSSR count).